The molecule has 0 saturated carbocycles. The Morgan fingerprint density at radius 1 is 1.27 bits per heavy atom. The lowest BCUT2D eigenvalue weighted by atomic mass is 9.86. The van der Waals surface area contributed by atoms with Crippen molar-refractivity contribution in [2.75, 3.05) is 13.1 Å². The summed E-state index contributed by atoms with van der Waals surface area (Å²) < 4.78 is 26.5. The minimum atomic E-state index is -0.866. The topological polar surface area (TPSA) is 69.8 Å². The van der Waals surface area contributed by atoms with Gasteiger partial charge in [-0.15, -0.1) is 0 Å². The van der Waals surface area contributed by atoms with Gasteiger partial charge in [0.05, 0.1) is 0 Å². The summed E-state index contributed by atoms with van der Waals surface area (Å²) in [6.07, 6.45) is 2.24. The maximum absolute atomic E-state index is 13.5. The summed E-state index contributed by atoms with van der Waals surface area (Å²) in [5.41, 5.74) is 1.06. The number of aromatic nitrogens is 2. The monoisotopic (exact) mass is 306 g/mol. The third-order valence-electron chi connectivity index (χ3n) is 3.92. The van der Waals surface area contributed by atoms with Gasteiger partial charge >= 0.3 is 0 Å². The molecule has 0 bridgehead atoms. The minimum absolute atomic E-state index is 0.0665. The normalized spacial score (nSPS) is 21.5. The molecule has 1 aromatic carbocycles. The second kappa shape index (κ2) is 6.23. The zero-order valence-corrected chi connectivity index (χ0v) is 11.8. The summed E-state index contributed by atoms with van der Waals surface area (Å²) in [7, 11) is 0. The van der Waals surface area contributed by atoms with Crippen LogP contribution in [0.25, 0.3) is 0 Å². The van der Waals surface area contributed by atoms with Crippen molar-refractivity contribution >= 4 is 5.91 Å². The first-order valence-corrected chi connectivity index (χ1v) is 7.11. The van der Waals surface area contributed by atoms with E-state index in [-0.39, 0.29) is 17.9 Å². The molecule has 2 heterocycles. The van der Waals surface area contributed by atoms with Gasteiger partial charge in [-0.3, -0.25) is 9.89 Å². The molecule has 3 N–H and O–H groups in total. The maximum atomic E-state index is 13.5. The molecule has 0 radical (unpaired) electrons. The highest BCUT2D eigenvalue weighted by molar-refractivity contribution is 5.92. The highest BCUT2D eigenvalue weighted by Gasteiger charge is 2.28. The zero-order valence-electron chi connectivity index (χ0n) is 11.8. The predicted molar refractivity (Wildman–Crippen MR) is 76.4 cm³/mol. The van der Waals surface area contributed by atoms with E-state index in [9.17, 15) is 13.6 Å². The van der Waals surface area contributed by atoms with E-state index in [4.69, 9.17) is 0 Å². The largest absolute Gasteiger partial charge is 0.346 e. The molecule has 116 valence electrons. The van der Waals surface area contributed by atoms with Gasteiger partial charge in [-0.2, -0.15) is 5.10 Å². The van der Waals surface area contributed by atoms with Crippen molar-refractivity contribution < 1.29 is 13.6 Å². The van der Waals surface area contributed by atoms with E-state index in [2.05, 4.69) is 20.8 Å². The number of piperidine rings is 1. The zero-order chi connectivity index (χ0) is 15.5. The number of benzene rings is 1. The fourth-order valence-electron chi connectivity index (χ4n) is 2.78. The van der Waals surface area contributed by atoms with Crippen LogP contribution in [-0.4, -0.2) is 35.2 Å². The Balaban J connectivity index is 1.79. The van der Waals surface area contributed by atoms with Crippen LogP contribution in [0, 0.1) is 11.6 Å². The first kappa shape index (κ1) is 14.6. The molecule has 0 aliphatic carbocycles. The van der Waals surface area contributed by atoms with Crippen LogP contribution in [0.5, 0.6) is 0 Å². The number of nitrogens with zero attached hydrogens (tertiary/aromatic N) is 1. The fraction of sp³-hybridized carbons (Fsp3) is 0.333. The van der Waals surface area contributed by atoms with Gasteiger partial charge in [-0.25, -0.2) is 8.78 Å². The molecule has 1 aliphatic rings. The van der Waals surface area contributed by atoms with E-state index >= 15 is 0 Å². The van der Waals surface area contributed by atoms with Gasteiger partial charge in [0.1, 0.15) is 5.69 Å². The average Bonchev–Trinajstić information content (AvgIpc) is 3.05. The Labute approximate surface area is 126 Å². The SMILES string of the molecule is O=C(NC1CNCCC1c1ccc(F)c(F)c1)c1ccn[nH]1. The molecule has 2 atom stereocenters. The van der Waals surface area contributed by atoms with Gasteiger partial charge in [0.25, 0.3) is 5.91 Å². The van der Waals surface area contributed by atoms with E-state index < -0.39 is 11.6 Å². The molecular formula is C15H16F2N4O. The predicted octanol–water partition coefficient (Wildman–Crippen LogP) is 1.56. The summed E-state index contributed by atoms with van der Waals surface area (Å²) in [6, 6.07) is 5.29. The van der Waals surface area contributed by atoms with Gasteiger partial charge in [0.15, 0.2) is 11.6 Å². The molecule has 2 unspecified atom stereocenters. The molecule has 1 amide bonds. The number of amides is 1. The molecule has 3 rings (SSSR count). The lowest BCUT2D eigenvalue weighted by Gasteiger charge is -2.33. The van der Waals surface area contributed by atoms with Gasteiger partial charge in [0.2, 0.25) is 0 Å². The number of nitrogens with one attached hydrogen (secondary N) is 3. The van der Waals surface area contributed by atoms with Crippen LogP contribution in [0.15, 0.2) is 30.5 Å². The van der Waals surface area contributed by atoms with Gasteiger partial charge in [-0.1, -0.05) is 6.07 Å². The van der Waals surface area contributed by atoms with Crippen molar-refractivity contribution in [1.29, 1.82) is 0 Å². The van der Waals surface area contributed by atoms with Crippen molar-refractivity contribution in [3.8, 4) is 0 Å². The summed E-state index contributed by atoms with van der Waals surface area (Å²) in [6.45, 7) is 1.34. The number of hydrogen-bond acceptors (Lipinski definition) is 3. The standard InChI is InChI=1S/C15H16F2N4O/c16-11-2-1-9(7-12(11)17)10-3-5-18-8-14(10)20-15(22)13-4-6-19-21-13/h1-2,4,6-7,10,14,18H,3,5,8H2,(H,19,21)(H,20,22). The van der Waals surface area contributed by atoms with Gasteiger partial charge in [0, 0.05) is 24.7 Å². The van der Waals surface area contributed by atoms with Crippen LogP contribution in [-0.2, 0) is 0 Å². The lowest BCUT2D eigenvalue weighted by Crippen LogP contribution is -2.50. The first-order valence-electron chi connectivity index (χ1n) is 7.11. The summed E-state index contributed by atoms with van der Waals surface area (Å²) in [5, 5.41) is 12.5. The molecule has 2 aromatic rings. The fourth-order valence-corrected chi connectivity index (χ4v) is 2.78. The lowest BCUT2D eigenvalue weighted by molar-refractivity contribution is 0.0919. The highest BCUT2D eigenvalue weighted by atomic mass is 19.2. The number of rotatable bonds is 3. The van der Waals surface area contributed by atoms with E-state index in [0.29, 0.717) is 17.8 Å². The molecular weight excluding hydrogens is 290 g/mol. The van der Waals surface area contributed by atoms with Crippen LogP contribution in [0.4, 0.5) is 8.78 Å². The van der Waals surface area contributed by atoms with E-state index in [1.54, 1.807) is 12.1 Å². The summed E-state index contributed by atoms with van der Waals surface area (Å²) >= 11 is 0. The van der Waals surface area contributed by atoms with Crippen molar-refractivity contribution in [1.82, 2.24) is 20.8 Å². The Bertz CT molecular complexity index is 660. The van der Waals surface area contributed by atoms with Crippen LogP contribution in [0.2, 0.25) is 0 Å². The summed E-state index contributed by atoms with van der Waals surface area (Å²) in [4.78, 5) is 12.1. The van der Waals surface area contributed by atoms with E-state index in [1.807, 2.05) is 0 Å². The molecule has 0 spiro atoms. The second-order valence-electron chi connectivity index (χ2n) is 5.32. The number of carbonyl (C=O) groups excluding carboxylic acids is 1. The molecule has 1 aliphatic heterocycles. The smallest absolute Gasteiger partial charge is 0.269 e. The Hall–Kier alpha value is -2.28. The Morgan fingerprint density at radius 3 is 2.86 bits per heavy atom. The van der Waals surface area contributed by atoms with Crippen LogP contribution in [0.1, 0.15) is 28.4 Å². The molecule has 1 fully saturated rings. The number of H-pyrrole nitrogens is 1. The molecule has 7 heteroatoms. The van der Waals surface area contributed by atoms with Gasteiger partial charge < -0.3 is 10.6 Å². The van der Waals surface area contributed by atoms with Crippen LogP contribution in [0.3, 0.4) is 0 Å². The second-order valence-corrected chi connectivity index (χ2v) is 5.32. The highest BCUT2D eigenvalue weighted by Crippen LogP contribution is 2.27. The molecule has 22 heavy (non-hydrogen) atoms. The van der Waals surface area contributed by atoms with Crippen LogP contribution >= 0.6 is 0 Å². The van der Waals surface area contributed by atoms with Crippen molar-refractivity contribution in [2.45, 2.75) is 18.4 Å². The van der Waals surface area contributed by atoms with Gasteiger partial charge in [-0.05, 0) is 36.7 Å². The summed E-state index contributed by atoms with van der Waals surface area (Å²) in [5.74, 6) is -2.06. The number of aromatic amines is 1. The van der Waals surface area contributed by atoms with Crippen molar-refractivity contribution in [2.24, 2.45) is 0 Å². The molecule has 1 aromatic heterocycles. The average molecular weight is 306 g/mol. The van der Waals surface area contributed by atoms with Crippen molar-refractivity contribution in [3.63, 3.8) is 0 Å². The third kappa shape index (κ3) is 2.99. The Morgan fingerprint density at radius 2 is 2.14 bits per heavy atom. The number of carbonyl (C=O) groups is 1. The number of halogens is 2. The third-order valence-corrected chi connectivity index (χ3v) is 3.92. The van der Waals surface area contributed by atoms with Crippen LogP contribution < -0.4 is 10.6 Å². The quantitative estimate of drug-likeness (QED) is 0.806. The van der Waals surface area contributed by atoms with E-state index in [1.165, 1.54) is 12.3 Å². The number of hydrogen-bond donors (Lipinski definition) is 3. The molecule has 1 saturated heterocycles. The Kier molecular flexibility index (Phi) is 4.15. The maximum Gasteiger partial charge on any atom is 0.269 e. The minimum Gasteiger partial charge on any atom is -0.346 e. The van der Waals surface area contributed by atoms with Crippen molar-refractivity contribution in [3.05, 3.63) is 53.4 Å². The first-order chi connectivity index (χ1) is 10.6. The molecule has 5 nitrogen and oxygen atoms in total. The van der Waals surface area contributed by atoms with E-state index in [0.717, 1.165) is 19.0 Å².